The average molecular weight is 389 g/mol. The molecule has 1 fully saturated rings. The number of amides is 1. The molecule has 0 spiro atoms. The monoisotopic (exact) mass is 389 g/mol. The molecule has 0 unspecified atom stereocenters. The van der Waals surface area contributed by atoms with Crippen molar-refractivity contribution in [3.05, 3.63) is 101 Å². The van der Waals surface area contributed by atoms with Gasteiger partial charge in [0.25, 0.3) is 0 Å². The molecular weight excluding hydrogens is 365 g/mol. The molecule has 0 saturated carbocycles. The number of hydrogen-bond acceptors (Lipinski definition) is 2. The number of hydrogen-bond donors (Lipinski definition) is 0. The normalized spacial score (nSPS) is 18.4. The number of ether oxygens (including phenoxy) is 1. The third-order valence-electron chi connectivity index (χ3n) is 5.59. The van der Waals surface area contributed by atoms with Gasteiger partial charge in [0, 0.05) is 6.54 Å². The Balaban J connectivity index is 1.54. The van der Waals surface area contributed by atoms with Gasteiger partial charge in [0.05, 0.1) is 19.1 Å². The van der Waals surface area contributed by atoms with Crippen LogP contribution >= 0.6 is 0 Å². The molecule has 2 atom stereocenters. The standard InChI is InChI=1S/C25H24FNO2/c1-29-22-15-11-20(12-16-22)24-23(19-9-13-21(26)14-10-19)25(28)27(24)17-5-8-18-6-3-2-4-7-18/h2-4,6-7,9-16,23-24H,5,8,17H2,1H3/t23-,24+/m1/s1. The summed E-state index contributed by atoms with van der Waals surface area (Å²) in [5.41, 5.74) is 3.20. The van der Waals surface area contributed by atoms with E-state index in [4.69, 9.17) is 4.74 Å². The molecule has 29 heavy (non-hydrogen) atoms. The molecule has 1 aliphatic rings. The smallest absolute Gasteiger partial charge is 0.233 e. The van der Waals surface area contributed by atoms with Crippen molar-refractivity contribution < 1.29 is 13.9 Å². The van der Waals surface area contributed by atoms with E-state index in [1.165, 1.54) is 17.7 Å². The molecule has 0 aromatic heterocycles. The van der Waals surface area contributed by atoms with E-state index in [1.54, 1.807) is 19.2 Å². The predicted octanol–water partition coefficient (Wildman–Crippen LogP) is 5.13. The van der Waals surface area contributed by atoms with Crippen molar-refractivity contribution in [1.82, 2.24) is 4.90 Å². The van der Waals surface area contributed by atoms with Crippen LogP contribution in [0.2, 0.25) is 0 Å². The summed E-state index contributed by atoms with van der Waals surface area (Å²) in [6.07, 6.45) is 1.83. The maximum atomic E-state index is 13.4. The first-order valence-corrected chi connectivity index (χ1v) is 9.91. The van der Waals surface area contributed by atoms with E-state index in [0.717, 1.165) is 29.7 Å². The SMILES string of the molecule is COc1ccc([C@H]2[C@@H](c3ccc(F)cc3)C(=O)N2CCCc2ccccc2)cc1. The van der Waals surface area contributed by atoms with Gasteiger partial charge in [-0.2, -0.15) is 0 Å². The number of carbonyl (C=O) groups excluding carboxylic acids is 1. The third kappa shape index (κ3) is 4.02. The van der Waals surface area contributed by atoms with Crippen LogP contribution in [0, 0.1) is 5.82 Å². The second-order valence-corrected chi connectivity index (χ2v) is 7.37. The first-order chi connectivity index (χ1) is 14.2. The van der Waals surface area contributed by atoms with Gasteiger partial charge in [-0.25, -0.2) is 4.39 Å². The molecular formula is C25H24FNO2. The lowest BCUT2D eigenvalue weighted by molar-refractivity contribution is -0.150. The number of likely N-dealkylation sites (tertiary alicyclic amines) is 1. The Morgan fingerprint density at radius 2 is 1.55 bits per heavy atom. The zero-order valence-corrected chi connectivity index (χ0v) is 16.4. The molecule has 4 rings (SSSR count). The minimum absolute atomic E-state index is 0.0466. The van der Waals surface area contributed by atoms with Crippen LogP contribution < -0.4 is 4.74 Å². The molecule has 3 nitrogen and oxygen atoms in total. The van der Waals surface area contributed by atoms with E-state index in [1.807, 2.05) is 47.4 Å². The van der Waals surface area contributed by atoms with E-state index in [2.05, 4.69) is 12.1 Å². The van der Waals surface area contributed by atoms with Gasteiger partial charge in [0.15, 0.2) is 0 Å². The summed E-state index contributed by atoms with van der Waals surface area (Å²) in [5.74, 6) is 0.320. The van der Waals surface area contributed by atoms with Gasteiger partial charge in [-0.15, -0.1) is 0 Å². The van der Waals surface area contributed by atoms with Crippen LogP contribution in [0.25, 0.3) is 0 Å². The van der Waals surface area contributed by atoms with Crippen LogP contribution in [0.3, 0.4) is 0 Å². The van der Waals surface area contributed by atoms with Crippen LogP contribution in [0.1, 0.15) is 35.1 Å². The van der Waals surface area contributed by atoms with Crippen molar-refractivity contribution in [3.8, 4) is 5.75 Å². The van der Waals surface area contributed by atoms with Gasteiger partial charge >= 0.3 is 0 Å². The van der Waals surface area contributed by atoms with Crippen molar-refractivity contribution >= 4 is 5.91 Å². The Labute approximate surface area is 170 Å². The van der Waals surface area contributed by atoms with Crippen molar-refractivity contribution in [1.29, 1.82) is 0 Å². The van der Waals surface area contributed by atoms with E-state index in [-0.39, 0.29) is 23.7 Å². The minimum atomic E-state index is -0.291. The van der Waals surface area contributed by atoms with Gasteiger partial charge in [-0.1, -0.05) is 54.6 Å². The van der Waals surface area contributed by atoms with Gasteiger partial charge in [0.2, 0.25) is 5.91 Å². The predicted molar refractivity (Wildman–Crippen MR) is 111 cm³/mol. The molecule has 0 radical (unpaired) electrons. The summed E-state index contributed by atoms with van der Waals surface area (Å²) < 4.78 is 18.6. The number of nitrogens with zero attached hydrogens (tertiary/aromatic N) is 1. The number of rotatable bonds is 7. The first-order valence-electron chi connectivity index (χ1n) is 9.91. The maximum absolute atomic E-state index is 13.4. The molecule has 0 aliphatic carbocycles. The van der Waals surface area contributed by atoms with Gasteiger partial charge in [-0.3, -0.25) is 4.79 Å². The Hall–Kier alpha value is -3.14. The van der Waals surface area contributed by atoms with Crippen LogP contribution in [0.4, 0.5) is 4.39 Å². The van der Waals surface area contributed by atoms with Crippen LogP contribution in [0.5, 0.6) is 5.75 Å². The molecule has 3 aromatic rings. The molecule has 1 aliphatic heterocycles. The lowest BCUT2D eigenvalue weighted by atomic mass is 9.77. The summed E-state index contributed by atoms with van der Waals surface area (Å²) in [6, 6.07) is 24.4. The first kappa shape index (κ1) is 19.2. The number of aryl methyl sites for hydroxylation is 1. The highest BCUT2D eigenvalue weighted by molar-refractivity contribution is 5.91. The fourth-order valence-corrected chi connectivity index (χ4v) is 4.06. The fraction of sp³-hybridized carbons (Fsp3) is 0.240. The average Bonchev–Trinajstić information content (AvgIpc) is 2.77. The van der Waals surface area contributed by atoms with Gasteiger partial charge < -0.3 is 9.64 Å². The van der Waals surface area contributed by atoms with Crippen molar-refractivity contribution in [3.63, 3.8) is 0 Å². The van der Waals surface area contributed by atoms with Crippen molar-refractivity contribution in [2.24, 2.45) is 0 Å². The van der Waals surface area contributed by atoms with Crippen molar-refractivity contribution in [2.75, 3.05) is 13.7 Å². The van der Waals surface area contributed by atoms with E-state index >= 15 is 0 Å². The van der Waals surface area contributed by atoms with Crippen molar-refractivity contribution in [2.45, 2.75) is 24.8 Å². The summed E-state index contributed by atoms with van der Waals surface area (Å²) in [5, 5.41) is 0. The molecule has 0 bridgehead atoms. The topological polar surface area (TPSA) is 29.5 Å². The fourth-order valence-electron chi connectivity index (χ4n) is 4.06. The van der Waals surface area contributed by atoms with E-state index < -0.39 is 0 Å². The highest BCUT2D eigenvalue weighted by Crippen LogP contribution is 2.46. The van der Waals surface area contributed by atoms with Crippen LogP contribution in [-0.2, 0) is 11.2 Å². The largest absolute Gasteiger partial charge is 0.497 e. The molecule has 1 heterocycles. The number of β-lactam (4-membered cyclic amide) rings is 1. The molecule has 1 saturated heterocycles. The Kier molecular flexibility index (Phi) is 5.61. The number of benzene rings is 3. The molecule has 148 valence electrons. The number of halogens is 1. The minimum Gasteiger partial charge on any atom is -0.497 e. The van der Waals surface area contributed by atoms with Gasteiger partial charge in [0.1, 0.15) is 11.6 Å². The van der Waals surface area contributed by atoms with Crippen LogP contribution in [0.15, 0.2) is 78.9 Å². The second kappa shape index (κ2) is 8.48. The summed E-state index contributed by atoms with van der Waals surface area (Å²) in [7, 11) is 1.64. The summed E-state index contributed by atoms with van der Waals surface area (Å²) >= 11 is 0. The Morgan fingerprint density at radius 3 is 2.21 bits per heavy atom. The quantitative estimate of drug-likeness (QED) is 0.524. The zero-order valence-electron chi connectivity index (χ0n) is 16.4. The third-order valence-corrected chi connectivity index (χ3v) is 5.59. The lowest BCUT2D eigenvalue weighted by Gasteiger charge is -2.48. The Morgan fingerprint density at radius 1 is 0.897 bits per heavy atom. The maximum Gasteiger partial charge on any atom is 0.233 e. The second-order valence-electron chi connectivity index (χ2n) is 7.37. The molecule has 4 heteroatoms. The Bertz CT molecular complexity index is 954. The highest BCUT2D eigenvalue weighted by Gasteiger charge is 2.48. The molecule has 0 N–H and O–H groups in total. The molecule has 3 aromatic carbocycles. The number of methoxy groups -OCH3 is 1. The summed E-state index contributed by atoms with van der Waals surface area (Å²) in [4.78, 5) is 14.9. The lowest BCUT2D eigenvalue weighted by Crippen LogP contribution is -2.53. The van der Waals surface area contributed by atoms with E-state index in [9.17, 15) is 9.18 Å². The van der Waals surface area contributed by atoms with Gasteiger partial charge in [-0.05, 0) is 53.8 Å². The van der Waals surface area contributed by atoms with E-state index in [0.29, 0.717) is 6.54 Å². The number of carbonyl (C=O) groups is 1. The van der Waals surface area contributed by atoms with Crippen LogP contribution in [-0.4, -0.2) is 24.5 Å². The highest BCUT2D eigenvalue weighted by atomic mass is 19.1. The molecule has 1 amide bonds. The summed E-state index contributed by atoms with van der Waals surface area (Å²) in [6.45, 7) is 0.697. The zero-order chi connectivity index (χ0) is 20.2.